The third kappa shape index (κ3) is 5.34. The molecule has 0 aromatic heterocycles. The first-order chi connectivity index (χ1) is 5.91. The highest BCUT2D eigenvalue weighted by molar-refractivity contribution is 7.81. The minimum atomic E-state index is -4.08. The Hall–Kier alpha value is -0.920. The van der Waals surface area contributed by atoms with Gasteiger partial charge in [-0.2, -0.15) is 8.42 Å². The van der Waals surface area contributed by atoms with Crippen molar-refractivity contribution in [3.8, 4) is 0 Å². The van der Waals surface area contributed by atoms with Gasteiger partial charge in [-0.15, -0.1) is 0 Å². The van der Waals surface area contributed by atoms with Gasteiger partial charge in [-0.1, -0.05) is 6.58 Å². The molecular weight excluding hydrogens is 200 g/mol. The summed E-state index contributed by atoms with van der Waals surface area (Å²) in [5.41, 5.74) is 0. The smallest absolute Gasteiger partial charge is 0.402 e. The molecule has 0 aromatic carbocycles. The summed E-state index contributed by atoms with van der Waals surface area (Å²) in [4.78, 5) is 10.5. The van der Waals surface area contributed by atoms with E-state index in [0.717, 1.165) is 13.2 Å². The minimum Gasteiger partial charge on any atom is -0.432 e. The maximum Gasteiger partial charge on any atom is 0.402 e. The molecule has 0 amide bonds. The van der Waals surface area contributed by atoms with E-state index in [2.05, 4.69) is 19.7 Å². The van der Waals surface area contributed by atoms with Crippen molar-refractivity contribution in [3.63, 3.8) is 0 Å². The Labute approximate surface area is 76.4 Å². The number of esters is 1. The summed E-state index contributed by atoms with van der Waals surface area (Å²) in [7, 11) is -3.16. The Kier molecular flexibility index (Phi) is 4.60. The van der Waals surface area contributed by atoms with E-state index in [1.807, 2.05) is 0 Å². The average molecular weight is 210 g/mol. The van der Waals surface area contributed by atoms with E-state index >= 15 is 0 Å². The number of ether oxygens (including phenoxy) is 1. The van der Waals surface area contributed by atoms with Crippen molar-refractivity contribution in [1.82, 2.24) is 0 Å². The highest BCUT2D eigenvalue weighted by Crippen LogP contribution is 2.02. The van der Waals surface area contributed by atoms with Crippen LogP contribution in [0.1, 0.15) is 6.92 Å². The molecule has 0 aromatic rings. The molecule has 0 rings (SSSR count). The van der Waals surface area contributed by atoms with Crippen LogP contribution in [0.5, 0.6) is 0 Å². The molecular formula is C6H10O6S. The van der Waals surface area contributed by atoms with Crippen molar-refractivity contribution in [2.24, 2.45) is 0 Å². The second-order valence-electron chi connectivity index (χ2n) is 1.88. The van der Waals surface area contributed by atoms with Gasteiger partial charge in [-0.05, 0) is 6.92 Å². The fourth-order valence-corrected chi connectivity index (χ4v) is 0.886. The van der Waals surface area contributed by atoms with Crippen LogP contribution in [0, 0.1) is 0 Å². The summed E-state index contributed by atoms with van der Waals surface area (Å²) in [6.45, 7) is 4.35. The quantitative estimate of drug-likeness (QED) is 0.360. The fraction of sp³-hybridized carbons (Fsp3) is 0.500. The predicted octanol–water partition coefficient (Wildman–Crippen LogP) is -0.0306. The van der Waals surface area contributed by atoms with Crippen LogP contribution < -0.4 is 0 Å². The van der Waals surface area contributed by atoms with Crippen molar-refractivity contribution < 1.29 is 26.3 Å². The third-order valence-electron chi connectivity index (χ3n) is 0.906. The van der Waals surface area contributed by atoms with Gasteiger partial charge in [-0.3, -0.25) is 4.18 Å². The third-order valence-corrected chi connectivity index (χ3v) is 1.82. The van der Waals surface area contributed by atoms with E-state index in [4.69, 9.17) is 0 Å². The Morgan fingerprint density at radius 1 is 1.54 bits per heavy atom. The van der Waals surface area contributed by atoms with Crippen LogP contribution in [0.25, 0.3) is 0 Å². The first kappa shape index (κ1) is 12.1. The van der Waals surface area contributed by atoms with Crippen LogP contribution in [0.3, 0.4) is 0 Å². The monoisotopic (exact) mass is 210 g/mol. The molecule has 6 nitrogen and oxygen atoms in total. The van der Waals surface area contributed by atoms with Crippen LogP contribution in [0.4, 0.5) is 0 Å². The molecule has 13 heavy (non-hydrogen) atoms. The Balaban J connectivity index is 4.09. The summed E-state index contributed by atoms with van der Waals surface area (Å²) in [5.74, 6) is -0.779. The molecule has 0 aliphatic rings. The van der Waals surface area contributed by atoms with Crippen molar-refractivity contribution in [2.45, 2.75) is 13.2 Å². The van der Waals surface area contributed by atoms with Crippen molar-refractivity contribution in [3.05, 3.63) is 12.7 Å². The highest BCUT2D eigenvalue weighted by atomic mass is 32.3. The number of carbonyl (C=O) groups is 1. The van der Waals surface area contributed by atoms with Crippen LogP contribution in [-0.4, -0.2) is 27.8 Å². The van der Waals surface area contributed by atoms with Gasteiger partial charge in [-0.25, -0.2) is 8.98 Å². The zero-order valence-corrected chi connectivity index (χ0v) is 8.04. The first-order valence-corrected chi connectivity index (χ1v) is 4.56. The van der Waals surface area contributed by atoms with E-state index in [1.54, 1.807) is 0 Å². The van der Waals surface area contributed by atoms with Crippen LogP contribution >= 0.6 is 0 Å². The van der Waals surface area contributed by atoms with Gasteiger partial charge >= 0.3 is 16.4 Å². The molecule has 0 fully saturated rings. The standard InChI is InChI=1S/C6H10O6S/c1-4-6(7)11-5(2)12-13(8,9)10-3/h4-5H,1H2,2-3H3. The van der Waals surface area contributed by atoms with E-state index in [-0.39, 0.29) is 0 Å². The number of hydrogen-bond acceptors (Lipinski definition) is 6. The van der Waals surface area contributed by atoms with Crippen molar-refractivity contribution in [1.29, 1.82) is 0 Å². The average Bonchev–Trinajstić information content (AvgIpc) is 2.03. The topological polar surface area (TPSA) is 78.9 Å². The molecule has 0 aliphatic heterocycles. The number of hydrogen-bond donors (Lipinski definition) is 0. The lowest BCUT2D eigenvalue weighted by atomic mass is 10.6. The zero-order chi connectivity index (χ0) is 10.5. The van der Waals surface area contributed by atoms with Crippen LogP contribution in [0.2, 0.25) is 0 Å². The Morgan fingerprint density at radius 2 is 2.08 bits per heavy atom. The molecule has 0 aliphatic carbocycles. The largest absolute Gasteiger partial charge is 0.432 e. The molecule has 0 N–H and O–H groups in total. The van der Waals surface area contributed by atoms with Gasteiger partial charge in [0.1, 0.15) is 0 Å². The summed E-state index contributed by atoms with van der Waals surface area (Å²) < 4.78 is 33.8. The molecule has 1 atom stereocenters. The summed E-state index contributed by atoms with van der Waals surface area (Å²) in [6, 6.07) is 0. The van der Waals surface area contributed by atoms with Gasteiger partial charge in [0.15, 0.2) is 0 Å². The summed E-state index contributed by atoms with van der Waals surface area (Å²) in [5, 5.41) is 0. The first-order valence-electron chi connectivity index (χ1n) is 3.23. The fourth-order valence-electron chi connectivity index (χ4n) is 0.437. The second-order valence-corrected chi connectivity index (χ2v) is 3.22. The number of rotatable bonds is 5. The normalized spacial score (nSPS) is 13.4. The van der Waals surface area contributed by atoms with E-state index < -0.39 is 22.7 Å². The van der Waals surface area contributed by atoms with Gasteiger partial charge in [0, 0.05) is 6.08 Å². The molecule has 0 radical (unpaired) electrons. The zero-order valence-electron chi connectivity index (χ0n) is 7.22. The lowest BCUT2D eigenvalue weighted by Gasteiger charge is -2.10. The maximum atomic E-state index is 10.6. The van der Waals surface area contributed by atoms with Crippen LogP contribution in [0.15, 0.2) is 12.7 Å². The van der Waals surface area contributed by atoms with Gasteiger partial charge in [0.2, 0.25) is 6.29 Å². The molecule has 0 spiro atoms. The Morgan fingerprint density at radius 3 is 2.46 bits per heavy atom. The molecule has 1 unspecified atom stereocenters. The molecule has 0 saturated heterocycles. The SMILES string of the molecule is C=CC(=O)OC(C)OS(=O)(=O)OC. The van der Waals surface area contributed by atoms with E-state index in [1.165, 1.54) is 6.92 Å². The predicted molar refractivity (Wildman–Crippen MR) is 42.8 cm³/mol. The van der Waals surface area contributed by atoms with Crippen LogP contribution in [-0.2, 0) is 28.3 Å². The molecule has 7 heteroatoms. The number of carbonyl (C=O) groups excluding carboxylic acids is 1. The van der Waals surface area contributed by atoms with Gasteiger partial charge < -0.3 is 4.74 Å². The van der Waals surface area contributed by atoms with Crippen molar-refractivity contribution in [2.75, 3.05) is 7.11 Å². The van der Waals surface area contributed by atoms with E-state index in [9.17, 15) is 13.2 Å². The summed E-state index contributed by atoms with van der Waals surface area (Å²) >= 11 is 0. The van der Waals surface area contributed by atoms with Gasteiger partial charge in [0.25, 0.3) is 0 Å². The Bertz CT molecular complexity index is 279. The molecule has 0 heterocycles. The highest BCUT2D eigenvalue weighted by Gasteiger charge is 2.17. The second kappa shape index (κ2) is 4.95. The van der Waals surface area contributed by atoms with Crippen molar-refractivity contribution >= 4 is 16.4 Å². The lowest BCUT2D eigenvalue weighted by molar-refractivity contribution is -0.155. The maximum absolute atomic E-state index is 10.6. The molecule has 0 bridgehead atoms. The lowest BCUT2D eigenvalue weighted by Crippen LogP contribution is -2.21. The minimum absolute atomic E-state index is 0.779. The van der Waals surface area contributed by atoms with Gasteiger partial charge in [0.05, 0.1) is 7.11 Å². The molecule has 76 valence electrons. The molecule has 0 saturated carbocycles. The van der Waals surface area contributed by atoms with E-state index in [0.29, 0.717) is 0 Å². The summed E-state index contributed by atoms with van der Waals surface area (Å²) in [6.07, 6.45) is -0.352.